The fourth-order valence-electron chi connectivity index (χ4n) is 1.82. The number of hydrogen-bond donors (Lipinski definition) is 2. The smallest absolute Gasteiger partial charge is 0.319 e. The van der Waals surface area contributed by atoms with Gasteiger partial charge in [-0.05, 0) is 42.3 Å². The summed E-state index contributed by atoms with van der Waals surface area (Å²) < 4.78 is 0. The predicted octanol–water partition coefficient (Wildman–Crippen LogP) is 4.65. The lowest BCUT2D eigenvalue weighted by Gasteiger charge is -2.05. The minimum Gasteiger partial charge on any atom is -0.338 e. The number of nitrogens with one attached hydrogen (secondary N) is 2. The summed E-state index contributed by atoms with van der Waals surface area (Å²) in [4.78, 5) is 11.4. The summed E-state index contributed by atoms with van der Waals surface area (Å²) in [5.74, 6) is 0. The molecule has 0 atom stereocenters. The van der Waals surface area contributed by atoms with Gasteiger partial charge >= 0.3 is 6.03 Å². The minimum absolute atomic E-state index is 0.195. The van der Waals surface area contributed by atoms with E-state index in [0.29, 0.717) is 6.54 Å². The molecule has 4 heteroatoms. The van der Waals surface area contributed by atoms with Crippen LogP contribution in [0.25, 0.3) is 12.2 Å². The molecule has 2 rings (SSSR count). The Labute approximate surface area is 129 Å². The molecule has 0 saturated heterocycles. The highest BCUT2D eigenvalue weighted by Gasteiger charge is 1.98. The second-order valence-electron chi connectivity index (χ2n) is 4.49. The first-order valence-electron chi connectivity index (χ1n) is 6.76. The number of carbonyl (C=O) groups excluding carboxylic acids is 1. The molecule has 2 aromatic rings. The zero-order valence-electron chi connectivity index (χ0n) is 11.8. The zero-order valence-corrected chi connectivity index (χ0v) is 12.5. The Morgan fingerprint density at radius 1 is 1.10 bits per heavy atom. The number of carbonyl (C=O) groups is 1. The summed E-state index contributed by atoms with van der Waals surface area (Å²) in [6.07, 6.45) is 4.00. The lowest BCUT2D eigenvalue weighted by atomic mass is 10.1. The van der Waals surface area contributed by atoms with E-state index < -0.39 is 0 Å². The van der Waals surface area contributed by atoms with Crippen LogP contribution in [0.4, 0.5) is 10.5 Å². The van der Waals surface area contributed by atoms with E-state index in [0.717, 1.165) is 21.8 Å². The topological polar surface area (TPSA) is 41.1 Å². The molecule has 108 valence electrons. The van der Waals surface area contributed by atoms with Crippen molar-refractivity contribution in [2.24, 2.45) is 0 Å². The molecule has 0 aliphatic heterocycles. The van der Waals surface area contributed by atoms with Crippen molar-refractivity contribution in [2.75, 3.05) is 11.9 Å². The van der Waals surface area contributed by atoms with Gasteiger partial charge in [0.25, 0.3) is 0 Å². The molecule has 0 aliphatic carbocycles. The maximum atomic E-state index is 11.4. The van der Waals surface area contributed by atoms with Gasteiger partial charge in [-0.25, -0.2) is 4.79 Å². The van der Waals surface area contributed by atoms with E-state index in [1.165, 1.54) is 0 Å². The number of halogens is 1. The molecule has 0 bridgehead atoms. The summed E-state index contributed by atoms with van der Waals surface area (Å²) in [6, 6.07) is 15.1. The molecule has 0 unspecified atom stereocenters. The van der Waals surface area contributed by atoms with Gasteiger partial charge < -0.3 is 10.6 Å². The quantitative estimate of drug-likeness (QED) is 0.793. The van der Waals surface area contributed by atoms with E-state index in [1.807, 2.05) is 67.6 Å². The average molecular weight is 301 g/mol. The Bertz CT molecular complexity index is 635. The third-order valence-electron chi connectivity index (χ3n) is 2.82. The fourth-order valence-corrected chi connectivity index (χ4v) is 2.01. The van der Waals surface area contributed by atoms with Crippen molar-refractivity contribution in [1.29, 1.82) is 0 Å². The highest BCUT2D eigenvalue weighted by atomic mass is 35.5. The maximum Gasteiger partial charge on any atom is 0.319 e. The van der Waals surface area contributed by atoms with Gasteiger partial charge in [-0.1, -0.05) is 48.0 Å². The average Bonchev–Trinajstić information content (AvgIpc) is 2.47. The number of hydrogen-bond acceptors (Lipinski definition) is 1. The van der Waals surface area contributed by atoms with Crippen molar-refractivity contribution in [3.63, 3.8) is 0 Å². The van der Waals surface area contributed by atoms with Crippen molar-refractivity contribution in [3.8, 4) is 0 Å². The normalized spacial score (nSPS) is 10.6. The number of benzene rings is 2. The van der Waals surface area contributed by atoms with E-state index in [2.05, 4.69) is 10.6 Å². The second-order valence-corrected chi connectivity index (χ2v) is 4.93. The predicted molar refractivity (Wildman–Crippen MR) is 89.5 cm³/mol. The van der Waals surface area contributed by atoms with Gasteiger partial charge in [0.2, 0.25) is 0 Å². The first-order valence-corrected chi connectivity index (χ1v) is 7.14. The molecule has 0 fully saturated rings. The van der Waals surface area contributed by atoms with E-state index in [9.17, 15) is 4.79 Å². The van der Waals surface area contributed by atoms with E-state index in [4.69, 9.17) is 11.6 Å². The van der Waals surface area contributed by atoms with Gasteiger partial charge in [-0.2, -0.15) is 0 Å². The van der Waals surface area contributed by atoms with Gasteiger partial charge in [0, 0.05) is 17.3 Å². The van der Waals surface area contributed by atoms with Gasteiger partial charge in [0.1, 0.15) is 0 Å². The van der Waals surface area contributed by atoms with Crippen molar-refractivity contribution in [3.05, 3.63) is 64.7 Å². The van der Waals surface area contributed by atoms with Gasteiger partial charge in [0.15, 0.2) is 0 Å². The van der Waals surface area contributed by atoms with Gasteiger partial charge in [0.05, 0.1) is 0 Å². The molecule has 0 aliphatic rings. The molecular formula is C17H17ClN2O. The lowest BCUT2D eigenvalue weighted by Crippen LogP contribution is -2.28. The number of amides is 2. The summed E-state index contributed by atoms with van der Waals surface area (Å²) in [5.41, 5.74) is 2.87. The van der Waals surface area contributed by atoms with Crippen LogP contribution in [0.1, 0.15) is 18.1 Å². The van der Waals surface area contributed by atoms with Crippen LogP contribution in [0.3, 0.4) is 0 Å². The Morgan fingerprint density at radius 3 is 2.48 bits per heavy atom. The van der Waals surface area contributed by atoms with Crippen LogP contribution in [-0.2, 0) is 0 Å². The summed E-state index contributed by atoms with van der Waals surface area (Å²) >= 11 is 5.94. The van der Waals surface area contributed by atoms with Crippen LogP contribution in [0.15, 0.2) is 48.5 Å². The largest absolute Gasteiger partial charge is 0.338 e. The number of urea groups is 1. The molecule has 0 saturated carbocycles. The highest BCUT2D eigenvalue weighted by Crippen LogP contribution is 2.15. The summed E-state index contributed by atoms with van der Waals surface area (Å²) in [7, 11) is 0. The summed E-state index contributed by atoms with van der Waals surface area (Å²) in [6.45, 7) is 2.48. The molecule has 3 nitrogen and oxygen atoms in total. The molecular weight excluding hydrogens is 284 g/mol. The van der Waals surface area contributed by atoms with Crippen LogP contribution in [-0.4, -0.2) is 12.6 Å². The van der Waals surface area contributed by atoms with Gasteiger partial charge in [-0.15, -0.1) is 0 Å². The third-order valence-corrected chi connectivity index (χ3v) is 3.06. The van der Waals surface area contributed by atoms with Crippen LogP contribution in [0, 0.1) is 0 Å². The Kier molecular flexibility index (Phi) is 5.41. The van der Waals surface area contributed by atoms with Crippen LogP contribution < -0.4 is 10.6 Å². The second kappa shape index (κ2) is 7.50. The van der Waals surface area contributed by atoms with E-state index in [-0.39, 0.29) is 6.03 Å². The Hall–Kier alpha value is -2.26. The minimum atomic E-state index is -0.195. The van der Waals surface area contributed by atoms with Crippen LogP contribution in [0.2, 0.25) is 5.02 Å². The summed E-state index contributed by atoms with van der Waals surface area (Å²) in [5, 5.41) is 6.16. The molecule has 2 aromatic carbocycles. The molecule has 0 spiro atoms. The van der Waals surface area contributed by atoms with E-state index >= 15 is 0 Å². The maximum absolute atomic E-state index is 11.4. The molecule has 2 amide bonds. The standard InChI is InChI=1S/C17H17ClN2O/c1-2-19-17(21)20-16-10-8-13(9-11-16)6-7-14-4-3-5-15(18)12-14/h3-12H,2H2,1H3,(H2,19,20,21)/b7-6-. The fraction of sp³-hybridized carbons (Fsp3) is 0.118. The molecule has 0 heterocycles. The first kappa shape index (κ1) is 15.1. The SMILES string of the molecule is CCNC(=O)Nc1ccc(/C=C\c2cccc(Cl)c2)cc1. The van der Waals surface area contributed by atoms with Crippen LogP contribution >= 0.6 is 11.6 Å². The Balaban J connectivity index is 2.00. The highest BCUT2D eigenvalue weighted by molar-refractivity contribution is 6.30. The van der Waals surface area contributed by atoms with Crippen molar-refractivity contribution in [1.82, 2.24) is 5.32 Å². The van der Waals surface area contributed by atoms with Crippen molar-refractivity contribution < 1.29 is 4.79 Å². The third kappa shape index (κ3) is 4.97. The zero-order chi connectivity index (χ0) is 15.1. The van der Waals surface area contributed by atoms with Gasteiger partial charge in [-0.3, -0.25) is 0 Å². The first-order chi connectivity index (χ1) is 10.2. The molecule has 0 aromatic heterocycles. The Morgan fingerprint density at radius 2 is 1.81 bits per heavy atom. The van der Waals surface area contributed by atoms with Crippen molar-refractivity contribution >= 4 is 35.5 Å². The lowest BCUT2D eigenvalue weighted by molar-refractivity contribution is 0.252. The van der Waals surface area contributed by atoms with Crippen molar-refractivity contribution in [2.45, 2.75) is 6.92 Å². The molecule has 21 heavy (non-hydrogen) atoms. The molecule has 2 N–H and O–H groups in total. The molecule has 0 radical (unpaired) electrons. The number of rotatable bonds is 4. The van der Waals surface area contributed by atoms with E-state index in [1.54, 1.807) is 0 Å². The monoisotopic (exact) mass is 300 g/mol. The number of anilines is 1. The van der Waals surface area contributed by atoms with Crippen LogP contribution in [0.5, 0.6) is 0 Å².